The molecule has 0 amide bonds. The molecule has 1 atom stereocenters. The number of carbonyl (C=O) groups excluding carboxylic acids is 1. The van der Waals surface area contributed by atoms with Crippen molar-refractivity contribution in [2.45, 2.75) is 25.8 Å². The van der Waals surface area contributed by atoms with Crippen molar-refractivity contribution >= 4 is 15.4 Å². The van der Waals surface area contributed by atoms with E-state index < -0.39 is 9.28 Å². The fourth-order valence-corrected chi connectivity index (χ4v) is 3.51. The van der Waals surface area contributed by atoms with Crippen LogP contribution in [0.5, 0.6) is 0 Å². The predicted molar refractivity (Wildman–Crippen MR) is 63.6 cm³/mol. The van der Waals surface area contributed by atoms with Crippen LogP contribution in [-0.4, -0.2) is 48.8 Å². The van der Waals surface area contributed by atoms with Gasteiger partial charge < -0.3 is 13.6 Å². The molecule has 0 aromatic rings. The van der Waals surface area contributed by atoms with Crippen molar-refractivity contribution in [3.8, 4) is 0 Å². The molecule has 94 valence electrons. The van der Waals surface area contributed by atoms with Gasteiger partial charge in [0.25, 0.3) is 0 Å². The van der Waals surface area contributed by atoms with E-state index >= 15 is 0 Å². The number of isocyanates is 1. The molecule has 0 aliphatic heterocycles. The maximum Gasteiger partial charge on any atom is 0.327 e. The summed E-state index contributed by atoms with van der Waals surface area (Å²) >= 11 is 0. The molecule has 5 nitrogen and oxygen atoms in total. The van der Waals surface area contributed by atoms with Crippen LogP contribution in [0.1, 0.15) is 20.3 Å². The van der Waals surface area contributed by atoms with Gasteiger partial charge in [0.2, 0.25) is 6.08 Å². The minimum atomic E-state index is -1.72. The van der Waals surface area contributed by atoms with Crippen LogP contribution < -0.4 is 0 Å². The normalized spacial score (nSPS) is 12.5. The highest BCUT2D eigenvalue weighted by molar-refractivity contribution is 6.46. The zero-order valence-corrected chi connectivity index (χ0v) is 11.4. The van der Waals surface area contributed by atoms with Gasteiger partial charge in [0.05, 0.1) is 13.2 Å². The van der Waals surface area contributed by atoms with Crippen LogP contribution in [0, 0.1) is 0 Å². The Hall–Kier alpha value is -0.523. The lowest BCUT2D eigenvalue weighted by molar-refractivity contribution is 0.153. The number of nitrogens with zero attached hydrogens (tertiary/aromatic N) is 1. The Balaban J connectivity index is 4.23. The minimum Gasteiger partial charge on any atom is -0.397 e. The van der Waals surface area contributed by atoms with Crippen LogP contribution in [0.4, 0.5) is 0 Å². The summed E-state index contributed by atoms with van der Waals surface area (Å²) in [5.74, 6) is 0. The summed E-state index contributed by atoms with van der Waals surface area (Å²) in [5, 5.41) is 0. The molecule has 16 heavy (non-hydrogen) atoms. The molecule has 0 fully saturated rings. The van der Waals surface area contributed by atoms with Gasteiger partial charge in [0.1, 0.15) is 0 Å². The molecule has 0 bridgehead atoms. The Bertz CT molecular complexity index is 203. The van der Waals surface area contributed by atoms with Crippen molar-refractivity contribution in [1.82, 2.24) is 0 Å². The van der Waals surface area contributed by atoms with Gasteiger partial charge >= 0.3 is 9.28 Å². The molecule has 0 rings (SSSR count). The smallest absolute Gasteiger partial charge is 0.327 e. The molecule has 0 aromatic heterocycles. The zero-order valence-electron chi connectivity index (χ0n) is 10.3. The summed E-state index contributed by atoms with van der Waals surface area (Å²) in [7, 11) is -0.0717. The van der Waals surface area contributed by atoms with Gasteiger partial charge in [-0.15, -0.1) is 0 Å². The van der Waals surface area contributed by atoms with Crippen LogP contribution >= 0.6 is 0 Å². The highest BCUT2D eigenvalue weighted by atomic mass is 28.3. The topological polar surface area (TPSA) is 57.1 Å². The molecule has 1 unspecified atom stereocenters. The van der Waals surface area contributed by atoms with Crippen LogP contribution in [0.25, 0.3) is 0 Å². The van der Waals surface area contributed by atoms with Crippen LogP contribution in [0.3, 0.4) is 0 Å². The molecule has 0 saturated heterocycles. The third-order valence-electron chi connectivity index (χ3n) is 2.10. The lowest BCUT2D eigenvalue weighted by atomic mass is 10.3. The van der Waals surface area contributed by atoms with E-state index in [1.54, 1.807) is 7.11 Å². The molecule has 0 aromatic carbocycles. The molecule has 6 heteroatoms. The van der Waals surface area contributed by atoms with E-state index in [9.17, 15) is 4.79 Å². The quantitative estimate of drug-likeness (QED) is 0.328. The first kappa shape index (κ1) is 15.5. The highest BCUT2D eigenvalue weighted by Gasteiger charge is 2.25. The van der Waals surface area contributed by atoms with Crippen molar-refractivity contribution in [3.63, 3.8) is 0 Å². The molecule has 0 heterocycles. The van der Waals surface area contributed by atoms with Crippen LogP contribution in [-0.2, 0) is 18.4 Å². The van der Waals surface area contributed by atoms with Gasteiger partial charge in [-0.3, -0.25) is 0 Å². The largest absolute Gasteiger partial charge is 0.397 e. The Morgan fingerprint density at radius 3 is 2.38 bits per heavy atom. The molecular formula is C10H21NO4Si. The van der Waals surface area contributed by atoms with Gasteiger partial charge in [-0.25, -0.2) is 9.79 Å². The minimum absolute atomic E-state index is 0.224. The SMILES string of the molecule is CCO[SiH](OCC)C(CCN=C=O)COC. The van der Waals surface area contributed by atoms with Crippen molar-refractivity contribution in [1.29, 1.82) is 0 Å². The third kappa shape index (κ3) is 6.87. The van der Waals surface area contributed by atoms with E-state index in [2.05, 4.69) is 4.99 Å². The maximum atomic E-state index is 9.99. The van der Waals surface area contributed by atoms with E-state index in [0.717, 1.165) is 6.42 Å². The highest BCUT2D eigenvalue weighted by Crippen LogP contribution is 2.18. The Labute approximate surface area is 98.6 Å². The van der Waals surface area contributed by atoms with Crippen molar-refractivity contribution < 1.29 is 18.4 Å². The maximum absolute atomic E-state index is 9.99. The Morgan fingerprint density at radius 2 is 1.94 bits per heavy atom. The number of aliphatic imine (C=N–C) groups is 1. The Morgan fingerprint density at radius 1 is 1.31 bits per heavy atom. The monoisotopic (exact) mass is 247 g/mol. The molecule has 0 saturated carbocycles. The summed E-state index contributed by atoms with van der Waals surface area (Å²) in [6, 6.07) is 0. The summed E-state index contributed by atoms with van der Waals surface area (Å²) in [6.45, 7) is 6.24. The van der Waals surface area contributed by atoms with Gasteiger partial charge in [-0.2, -0.15) is 0 Å². The van der Waals surface area contributed by atoms with E-state index in [1.165, 1.54) is 6.08 Å². The van der Waals surface area contributed by atoms with Crippen molar-refractivity contribution in [2.24, 2.45) is 4.99 Å². The molecule has 0 radical (unpaired) electrons. The van der Waals surface area contributed by atoms with Gasteiger partial charge in [0, 0.05) is 25.9 Å². The second-order valence-corrected chi connectivity index (χ2v) is 5.60. The summed E-state index contributed by atoms with van der Waals surface area (Å²) in [5.41, 5.74) is 0.224. The van der Waals surface area contributed by atoms with E-state index in [4.69, 9.17) is 13.6 Å². The van der Waals surface area contributed by atoms with Gasteiger partial charge in [-0.05, 0) is 20.3 Å². The van der Waals surface area contributed by atoms with Crippen LogP contribution in [0.2, 0.25) is 5.54 Å². The summed E-state index contributed by atoms with van der Waals surface area (Å²) < 4.78 is 16.4. The van der Waals surface area contributed by atoms with Crippen molar-refractivity contribution in [2.75, 3.05) is 33.5 Å². The van der Waals surface area contributed by atoms with E-state index in [0.29, 0.717) is 26.4 Å². The first-order chi connectivity index (χ1) is 7.79. The second-order valence-electron chi connectivity index (χ2n) is 3.26. The predicted octanol–water partition coefficient (Wildman–Crippen LogP) is 1.02. The first-order valence-electron chi connectivity index (χ1n) is 5.55. The number of ether oxygens (including phenoxy) is 1. The molecular weight excluding hydrogens is 226 g/mol. The fourth-order valence-electron chi connectivity index (χ4n) is 1.44. The lowest BCUT2D eigenvalue weighted by Crippen LogP contribution is -2.32. The van der Waals surface area contributed by atoms with Crippen molar-refractivity contribution in [3.05, 3.63) is 0 Å². The second kappa shape index (κ2) is 11.0. The molecule has 0 spiro atoms. The Kier molecular flexibility index (Phi) is 10.6. The van der Waals surface area contributed by atoms with Gasteiger partial charge in [0.15, 0.2) is 0 Å². The number of rotatable bonds is 10. The van der Waals surface area contributed by atoms with Gasteiger partial charge in [-0.1, -0.05) is 0 Å². The molecule has 0 aliphatic rings. The van der Waals surface area contributed by atoms with E-state index in [-0.39, 0.29) is 5.54 Å². The average Bonchev–Trinajstić information content (AvgIpc) is 2.28. The van der Waals surface area contributed by atoms with E-state index in [1.807, 2.05) is 13.8 Å². The average molecular weight is 247 g/mol. The van der Waals surface area contributed by atoms with Crippen LogP contribution in [0.15, 0.2) is 4.99 Å². The number of hydrogen-bond donors (Lipinski definition) is 0. The molecule has 0 N–H and O–H groups in total. The zero-order chi connectivity index (χ0) is 12.2. The first-order valence-corrected chi connectivity index (χ1v) is 7.16. The summed E-state index contributed by atoms with van der Waals surface area (Å²) in [4.78, 5) is 13.5. The third-order valence-corrected chi connectivity index (χ3v) is 4.72. The summed E-state index contributed by atoms with van der Waals surface area (Å²) in [6.07, 6.45) is 2.29. The number of methoxy groups -OCH3 is 1. The fraction of sp³-hybridized carbons (Fsp3) is 0.900. The lowest BCUT2D eigenvalue weighted by Gasteiger charge is -2.23. The molecule has 0 aliphatic carbocycles. The number of hydrogen-bond acceptors (Lipinski definition) is 5. The standard InChI is InChI=1S/C10H21NO4Si/c1-4-14-16(15-5-2)10(8-13-3)6-7-11-9-12/h10,16H,4-8H2,1-3H3.